The highest BCUT2D eigenvalue weighted by molar-refractivity contribution is 7.09. The molecule has 0 spiro atoms. The van der Waals surface area contributed by atoms with Gasteiger partial charge >= 0.3 is 0 Å². The maximum Gasteiger partial charge on any atom is 0.271 e. The van der Waals surface area contributed by atoms with E-state index in [9.17, 15) is 9.18 Å². The van der Waals surface area contributed by atoms with Crippen LogP contribution >= 0.6 is 11.3 Å². The van der Waals surface area contributed by atoms with E-state index in [-0.39, 0.29) is 17.6 Å². The molecule has 2 aromatic heterocycles. The van der Waals surface area contributed by atoms with Crippen molar-refractivity contribution in [2.75, 3.05) is 6.54 Å². The van der Waals surface area contributed by atoms with Gasteiger partial charge in [-0.25, -0.2) is 9.37 Å². The number of nitrogens with zero attached hydrogens (tertiary/aromatic N) is 3. The molecule has 202 valence electrons. The van der Waals surface area contributed by atoms with Crippen LogP contribution in [0.25, 0.3) is 0 Å². The zero-order chi connectivity index (χ0) is 27.6. The highest BCUT2D eigenvalue weighted by Crippen LogP contribution is 2.29. The van der Waals surface area contributed by atoms with Gasteiger partial charge in [0.05, 0.1) is 6.54 Å². The molecule has 0 aliphatic rings. The van der Waals surface area contributed by atoms with E-state index < -0.39 is 0 Å². The molecule has 0 atom stereocenters. The summed E-state index contributed by atoms with van der Waals surface area (Å²) in [4.78, 5) is 23.8. The number of amides is 1. The fourth-order valence-electron chi connectivity index (χ4n) is 4.72. The average molecular weight is 551 g/mol. The normalized spacial score (nSPS) is 11.2. The molecule has 0 aliphatic heterocycles. The Morgan fingerprint density at radius 3 is 2.20 bits per heavy atom. The van der Waals surface area contributed by atoms with Crippen molar-refractivity contribution < 1.29 is 9.18 Å². The predicted octanol–water partition coefficient (Wildman–Crippen LogP) is 6.83. The van der Waals surface area contributed by atoms with Crippen molar-refractivity contribution in [3.8, 4) is 0 Å². The Kier molecular flexibility index (Phi) is 9.40. The molecular formula is C33H31FN4OS. The second-order valence-electron chi connectivity index (χ2n) is 9.67. The average Bonchev–Trinajstić information content (AvgIpc) is 3.47. The van der Waals surface area contributed by atoms with E-state index in [1.54, 1.807) is 17.8 Å². The number of thiazole rings is 1. The summed E-state index contributed by atoms with van der Waals surface area (Å²) in [6.45, 7) is 2.44. The third kappa shape index (κ3) is 7.68. The number of halogens is 1. The number of pyridine rings is 1. The van der Waals surface area contributed by atoms with E-state index in [1.807, 2.05) is 36.4 Å². The van der Waals surface area contributed by atoms with Gasteiger partial charge in [-0.05, 0) is 53.4 Å². The minimum atomic E-state index is -0.245. The van der Waals surface area contributed by atoms with E-state index in [0.717, 1.165) is 29.1 Å². The van der Waals surface area contributed by atoms with Gasteiger partial charge in [0.25, 0.3) is 5.91 Å². The molecule has 1 amide bonds. The van der Waals surface area contributed by atoms with Crippen molar-refractivity contribution >= 4 is 17.2 Å². The highest BCUT2D eigenvalue weighted by Gasteiger charge is 2.18. The van der Waals surface area contributed by atoms with Crippen molar-refractivity contribution in [2.24, 2.45) is 0 Å². The topological polar surface area (TPSA) is 58.1 Å². The molecule has 0 radical (unpaired) electrons. The molecule has 0 saturated carbocycles. The Morgan fingerprint density at radius 2 is 1.55 bits per heavy atom. The van der Waals surface area contributed by atoms with Crippen LogP contribution in [0.2, 0.25) is 0 Å². The third-order valence-corrected chi connectivity index (χ3v) is 7.61. The first-order chi connectivity index (χ1) is 19.6. The lowest BCUT2D eigenvalue weighted by molar-refractivity contribution is 0.0946. The highest BCUT2D eigenvalue weighted by atomic mass is 32.1. The zero-order valence-corrected chi connectivity index (χ0v) is 22.9. The van der Waals surface area contributed by atoms with Gasteiger partial charge in [-0.15, -0.1) is 11.3 Å². The summed E-state index contributed by atoms with van der Waals surface area (Å²) < 4.78 is 13.6. The number of hydrogen-bond donors (Lipinski definition) is 1. The lowest BCUT2D eigenvalue weighted by Gasteiger charge is -2.25. The first-order valence-corrected chi connectivity index (χ1v) is 14.2. The number of carbonyl (C=O) groups excluding carboxylic acids is 1. The fraction of sp³-hybridized carbons (Fsp3) is 0.182. The monoisotopic (exact) mass is 550 g/mol. The standard InChI is InChI=1S/C33H31FN4OS/c34-29-15-13-25(14-16-29)22-38(19-17-30(27-9-3-1-4-10-27)28-11-5-2-6-12-28)23-32-37-31(24-40-32)33(39)36-21-26-8-7-18-35-20-26/h1-16,18,20,24,30H,17,19,21-23H2,(H,36,39). The Labute approximate surface area is 238 Å². The second-order valence-corrected chi connectivity index (χ2v) is 10.6. The maximum atomic E-state index is 13.6. The number of carbonyl (C=O) groups is 1. The van der Waals surface area contributed by atoms with Gasteiger partial charge in [-0.2, -0.15) is 0 Å². The Morgan fingerprint density at radius 1 is 0.850 bits per heavy atom. The van der Waals surface area contributed by atoms with Gasteiger partial charge in [-0.1, -0.05) is 78.9 Å². The maximum absolute atomic E-state index is 13.6. The van der Waals surface area contributed by atoms with Gasteiger partial charge in [0.1, 0.15) is 16.5 Å². The van der Waals surface area contributed by atoms with Gasteiger partial charge in [-0.3, -0.25) is 14.7 Å². The van der Waals surface area contributed by atoms with Crippen molar-refractivity contribution in [3.05, 3.63) is 154 Å². The van der Waals surface area contributed by atoms with E-state index in [1.165, 1.54) is 34.6 Å². The van der Waals surface area contributed by atoms with Crippen LogP contribution in [0, 0.1) is 5.82 Å². The van der Waals surface area contributed by atoms with Crippen molar-refractivity contribution in [1.29, 1.82) is 0 Å². The Balaban J connectivity index is 1.30. The number of rotatable bonds is 12. The molecule has 0 saturated heterocycles. The molecule has 5 aromatic rings. The largest absolute Gasteiger partial charge is 0.347 e. The van der Waals surface area contributed by atoms with Crippen LogP contribution in [0.15, 0.2) is 115 Å². The summed E-state index contributed by atoms with van der Waals surface area (Å²) in [5.74, 6) is -0.210. The van der Waals surface area contributed by atoms with Crippen molar-refractivity contribution in [2.45, 2.75) is 32.0 Å². The lowest BCUT2D eigenvalue weighted by atomic mass is 9.88. The number of aromatic nitrogens is 2. The number of hydrogen-bond acceptors (Lipinski definition) is 5. The van der Waals surface area contributed by atoms with Crippen LogP contribution in [-0.2, 0) is 19.6 Å². The first-order valence-electron chi connectivity index (χ1n) is 13.3. The summed E-state index contributed by atoms with van der Waals surface area (Å²) in [7, 11) is 0. The van der Waals surface area contributed by atoms with Crippen LogP contribution in [0.4, 0.5) is 4.39 Å². The van der Waals surface area contributed by atoms with Crippen LogP contribution in [0.3, 0.4) is 0 Å². The summed E-state index contributed by atoms with van der Waals surface area (Å²) in [6, 6.07) is 31.5. The molecule has 1 N–H and O–H groups in total. The lowest BCUT2D eigenvalue weighted by Crippen LogP contribution is -2.26. The SMILES string of the molecule is O=C(NCc1cccnc1)c1csc(CN(CCC(c2ccccc2)c2ccccc2)Cc2ccc(F)cc2)n1. The van der Waals surface area contributed by atoms with E-state index in [2.05, 4.69) is 68.7 Å². The van der Waals surface area contributed by atoms with Gasteiger partial charge in [0.15, 0.2) is 0 Å². The number of nitrogens with one attached hydrogen (secondary N) is 1. The van der Waals surface area contributed by atoms with Crippen LogP contribution < -0.4 is 5.32 Å². The Bertz CT molecular complexity index is 1440. The van der Waals surface area contributed by atoms with Crippen LogP contribution in [0.5, 0.6) is 0 Å². The van der Waals surface area contributed by atoms with Crippen molar-refractivity contribution in [1.82, 2.24) is 20.2 Å². The van der Waals surface area contributed by atoms with Crippen LogP contribution in [-0.4, -0.2) is 27.3 Å². The van der Waals surface area contributed by atoms with E-state index in [4.69, 9.17) is 0 Å². The van der Waals surface area contributed by atoms with E-state index >= 15 is 0 Å². The molecule has 5 rings (SSSR count). The quantitative estimate of drug-likeness (QED) is 0.185. The molecule has 5 nitrogen and oxygen atoms in total. The molecular weight excluding hydrogens is 519 g/mol. The predicted molar refractivity (Wildman–Crippen MR) is 157 cm³/mol. The summed E-state index contributed by atoms with van der Waals surface area (Å²) in [5, 5.41) is 5.59. The summed E-state index contributed by atoms with van der Waals surface area (Å²) in [6.07, 6.45) is 4.34. The van der Waals surface area contributed by atoms with Gasteiger partial charge in [0, 0.05) is 36.8 Å². The molecule has 0 unspecified atom stereocenters. The molecule has 0 bridgehead atoms. The fourth-order valence-corrected chi connectivity index (χ4v) is 5.54. The second kappa shape index (κ2) is 13.7. The van der Waals surface area contributed by atoms with Crippen molar-refractivity contribution in [3.63, 3.8) is 0 Å². The van der Waals surface area contributed by atoms with Gasteiger partial charge < -0.3 is 5.32 Å². The van der Waals surface area contributed by atoms with E-state index in [0.29, 0.717) is 25.3 Å². The summed E-state index contributed by atoms with van der Waals surface area (Å²) >= 11 is 1.48. The third-order valence-electron chi connectivity index (χ3n) is 6.78. The molecule has 0 aliphatic carbocycles. The minimum Gasteiger partial charge on any atom is -0.347 e. The molecule has 0 fully saturated rings. The zero-order valence-electron chi connectivity index (χ0n) is 22.1. The molecule has 40 heavy (non-hydrogen) atoms. The van der Waals surface area contributed by atoms with Gasteiger partial charge in [0.2, 0.25) is 0 Å². The Hall–Kier alpha value is -4.20. The molecule has 2 heterocycles. The molecule has 3 aromatic carbocycles. The smallest absolute Gasteiger partial charge is 0.271 e. The molecule has 7 heteroatoms. The minimum absolute atomic E-state index is 0.204. The van der Waals surface area contributed by atoms with Crippen LogP contribution in [0.1, 0.15) is 50.1 Å². The summed E-state index contributed by atoms with van der Waals surface area (Å²) in [5.41, 5.74) is 4.93. The number of benzene rings is 3. The first kappa shape index (κ1) is 27.4.